The Morgan fingerprint density at radius 1 is 1.04 bits per heavy atom. The van der Waals surface area contributed by atoms with Crippen molar-refractivity contribution in [1.29, 1.82) is 0 Å². The maximum absolute atomic E-state index is 13.1. The Morgan fingerprint density at radius 3 is 2.50 bits per heavy atom. The molecule has 2 heterocycles. The zero-order valence-corrected chi connectivity index (χ0v) is 14.9. The van der Waals surface area contributed by atoms with Gasteiger partial charge in [0.1, 0.15) is 0 Å². The Kier molecular flexibility index (Phi) is 5.59. The van der Waals surface area contributed by atoms with Crippen molar-refractivity contribution in [2.75, 3.05) is 13.7 Å². The van der Waals surface area contributed by atoms with E-state index in [1.807, 2.05) is 55.5 Å². The molecule has 0 unspecified atom stereocenters. The minimum absolute atomic E-state index is 0.118. The molecule has 0 aliphatic heterocycles. The predicted molar refractivity (Wildman–Crippen MR) is 100 cm³/mol. The molecule has 1 atom stereocenters. The van der Waals surface area contributed by atoms with Crippen molar-refractivity contribution in [1.82, 2.24) is 14.9 Å². The molecule has 5 nitrogen and oxygen atoms in total. The standard InChI is InChI=1S/C21H21N3O2/c1-3-26-19-15-17(12-14-23-19)21(25)24(2)20(16-9-5-4-6-10-16)18-11-7-8-13-22-18/h4-15,20H,3H2,1-2H3/t20-/m0/s1. The van der Waals surface area contributed by atoms with Gasteiger partial charge in [-0.05, 0) is 30.7 Å². The van der Waals surface area contributed by atoms with Crippen molar-refractivity contribution < 1.29 is 9.53 Å². The van der Waals surface area contributed by atoms with Crippen LogP contribution >= 0.6 is 0 Å². The molecule has 0 saturated heterocycles. The van der Waals surface area contributed by atoms with Crippen molar-refractivity contribution >= 4 is 5.91 Å². The van der Waals surface area contributed by atoms with E-state index in [2.05, 4.69) is 9.97 Å². The van der Waals surface area contributed by atoms with Gasteiger partial charge in [-0.25, -0.2) is 4.98 Å². The van der Waals surface area contributed by atoms with E-state index in [-0.39, 0.29) is 11.9 Å². The first-order valence-electron chi connectivity index (χ1n) is 8.52. The minimum atomic E-state index is -0.284. The highest BCUT2D eigenvalue weighted by Gasteiger charge is 2.25. The van der Waals surface area contributed by atoms with Crippen LogP contribution < -0.4 is 4.74 Å². The van der Waals surface area contributed by atoms with Crippen LogP contribution in [-0.4, -0.2) is 34.4 Å². The number of carbonyl (C=O) groups excluding carboxylic acids is 1. The van der Waals surface area contributed by atoms with E-state index in [1.165, 1.54) is 0 Å². The summed E-state index contributed by atoms with van der Waals surface area (Å²) in [5.74, 6) is 0.328. The van der Waals surface area contributed by atoms with Gasteiger partial charge in [0, 0.05) is 31.1 Å². The minimum Gasteiger partial charge on any atom is -0.478 e. The topological polar surface area (TPSA) is 55.3 Å². The van der Waals surface area contributed by atoms with Crippen LogP contribution in [0, 0.1) is 0 Å². The normalized spacial score (nSPS) is 11.6. The van der Waals surface area contributed by atoms with Crippen molar-refractivity contribution in [3.63, 3.8) is 0 Å². The molecule has 0 saturated carbocycles. The molecule has 0 spiro atoms. The molecule has 1 aromatic carbocycles. The van der Waals surface area contributed by atoms with Gasteiger partial charge in [-0.1, -0.05) is 36.4 Å². The van der Waals surface area contributed by atoms with E-state index in [9.17, 15) is 4.79 Å². The number of benzene rings is 1. The Hall–Kier alpha value is -3.21. The molecule has 0 radical (unpaired) electrons. The van der Waals surface area contributed by atoms with Crippen molar-refractivity contribution in [2.45, 2.75) is 13.0 Å². The number of pyridine rings is 2. The van der Waals surface area contributed by atoms with Gasteiger partial charge in [0.25, 0.3) is 5.91 Å². The van der Waals surface area contributed by atoms with E-state index in [4.69, 9.17) is 4.74 Å². The molecule has 5 heteroatoms. The number of ether oxygens (including phenoxy) is 1. The first-order valence-corrected chi connectivity index (χ1v) is 8.52. The van der Waals surface area contributed by atoms with Gasteiger partial charge in [-0.15, -0.1) is 0 Å². The lowest BCUT2D eigenvalue weighted by Gasteiger charge is -2.28. The van der Waals surface area contributed by atoms with Gasteiger partial charge < -0.3 is 9.64 Å². The quantitative estimate of drug-likeness (QED) is 0.682. The fourth-order valence-electron chi connectivity index (χ4n) is 2.86. The zero-order chi connectivity index (χ0) is 18.4. The van der Waals surface area contributed by atoms with Crippen LogP contribution in [0.5, 0.6) is 5.88 Å². The summed E-state index contributed by atoms with van der Waals surface area (Å²) in [5.41, 5.74) is 2.34. The third-order valence-corrected chi connectivity index (χ3v) is 4.06. The molecular weight excluding hydrogens is 326 g/mol. The number of aromatic nitrogens is 2. The lowest BCUT2D eigenvalue weighted by atomic mass is 10.0. The van der Waals surface area contributed by atoms with Gasteiger partial charge in [0.2, 0.25) is 5.88 Å². The van der Waals surface area contributed by atoms with E-state index >= 15 is 0 Å². The molecule has 0 bridgehead atoms. The molecule has 1 amide bonds. The number of rotatable bonds is 6. The second-order valence-corrected chi connectivity index (χ2v) is 5.80. The Labute approximate surface area is 153 Å². The Balaban J connectivity index is 1.96. The summed E-state index contributed by atoms with van der Waals surface area (Å²) in [5, 5.41) is 0. The molecule has 0 fully saturated rings. The summed E-state index contributed by atoms with van der Waals surface area (Å²) >= 11 is 0. The molecular formula is C21H21N3O2. The molecule has 132 valence electrons. The highest BCUT2D eigenvalue weighted by molar-refractivity contribution is 5.94. The fraction of sp³-hybridized carbons (Fsp3) is 0.190. The van der Waals surface area contributed by atoms with Gasteiger partial charge in [-0.3, -0.25) is 9.78 Å². The molecule has 0 aliphatic carbocycles. The van der Waals surface area contributed by atoms with Crippen LogP contribution in [0.15, 0.2) is 73.1 Å². The monoisotopic (exact) mass is 347 g/mol. The average molecular weight is 347 g/mol. The maximum Gasteiger partial charge on any atom is 0.254 e. The van der Waals surface area contributed by atoms with Gasteiger partial charge in [0.05, 0.1) is 18.3 Å². The number of nitrogens with zero attached hydrogens (tertiary/aromatic N) is 3. The summed E-state index contributed by atoms with van der Waals surface area (Å²) < 4.78 is 5.41. The molecule has 0 N–H and O–H groups in total. The van der Waals surface area contributed by atoms with Crippen molar-refractivity contribution in [3.05, 3.63) is 89.9 Å². The van der Waals surface area contributed by atoms with Gasteiger partial charge in [0.15, 0.2) is 0 Å². The average Bonchev–Trinajstić information content (AvgIpc) is 2.70. The number of hydrogen-bond acceptors (Lipinski definition) is 4. The molecule has 26 heavy (non-hydrogen) atoms. The fourth-order valence-corrected chi connectivity index (χ4v) is 2.86. The van der Waals surface area contributed by atoms with Crippen LogP contribution in [0.2, 0.25) is 0 Å². The number of amides is 1. The Bertz CT molecular complexity index is 814. The van der Waals surface area contributed by atoms with E-state index in [0.29, 0.717) is 18.1 Å². The lowest BCUT2D eigenvalue weighted by Crippen LogP contribution is -2.32. The second-order valence-electron chi connectivity index (χ2n) is 5.80. The summed E-state index contributed by atoms with van der Waals surface area (Å²) in [6.07, 6.45) is 3.33. The van der Waals surface area contributed by atoms with Gasteiger partial charge in [-0.2, -0.15) is 0 Å². The third-order valence-electron chi connectivity index (χ3n) is 4.06. The van der Waals surface area contributed by atoms with Crippen LogP contribution in [0.25, 0.3) is 0 Å². The predicted octanol–water partition coefficient (Wildman–Crippen LogP) is 3.74. The van der Waals surface area contributed by atoms with E-state index < -0.39 is 0 Å². The second kappa shape index (κ2) is 8.25. The largest absolute Gasteiger partial charge is 0.478 e. The Morgan fingerprint density at radius 2 is 1.81 bits per heavy atom. The van der Waals surface area contributed by atoms with Crippen LogP contribution in [0.3, 0.4) is 0 Å². The first-order chi connectivity index (χ1) is 12.7. The SMILES string of the molecule is CCOc1cc(C(=O)N(C)[C@@H](c2ccccc2)c2ccccn2)ccn1. The third kappa shape index (κ3) is 3.88. The molecule has 0 aliphatic rings. The highest BCUT2D eigenvalue weighted by Crippen LogP contribution is 2.27. The maximum atomic E-state index is 13.1. The highest BCUT2D eigenvalue weighted by atomic mass is 16.5. The summed E-state index contributed by atoms with van der Waals surface area (Å²) in [6, 6.07) is 18.7. The van der Waals surface area contributed by atoms with Crippen molar-refractivity contribution in [2.24, 2.45) is 0 Å². The zero-order valence-electron chi connectivity index (χ0n) is 14.9. The summed E-state index contributed by atoms with van der Waals surface area (Å²) in [4.78, 5) is 23.4. The van der Waals surface area contributed by atoms with Crippen LogP contribution in [0.1, 0.15) is 34.6 Å². The summed E-state index contributed by atoms with van der Waals surface area (Å²) in [7, 11) is 1.79. The molecule has 2 aromatic heterocycles. The first kappa shape index (κ1) is 17.6. The van der Waals surface area contributed by atoms with Crippen LogP contribution in [0.4, 0.5) is 0 Å². The van der Waals surface area contributed by atoms with E-state index in [1.54, 1.807) is 36.5 Å². The van der Waals surface area contributed by atoms with Crippen LogP contribution in [-0.2, 0) is 0 Å². The van der Waals surface area contributed by atoms with Crippen molar-refractivity contribution in [3.8, 4) is 5.88 Å². The lowest BCUT2D eigenvalue weighted by molar-refractivity contribution is 0.0752. The molecule has 3 aromatic rings. The summed E-state index contributed by atoms with van der Waals surface area (Å²) in [6.45, 7) is 2.38. The molecule has 3 rings (SSSR count). The number of hydrogen-bond donors (Lipinski definition) is 0. The van der Waals surface area contributed by atoms with Gasteiger partial charge >= 0.3 is 0 Å². The number of carbonyl (C=O) groups is 1. The van der Waals surface area contributed by atoms with E-state index in [0.717, 1.165) is 11.3 Å². The smallest absolute Gasteiger partial charge is 0.254 e.